The molecule has 0 unspecified atom stereocenters. The number of carbonyl (C=O) groups is 1. The van der Waals surface area contributed by atoms with Crippen molar-refractivity contribution in [3.63, 3.8) is 0 Å². The summed E-state index contributed by atoms with van der Waals surface area (Å²) in [5, 5.41) is 22.4. The number of nitrogens with zero attached hydrogens (tertiary/aromatic N) is 2. The molecular weight excluding hydrogens is 433 g/mol. The van der Waals surface area contributed by atoms with Crippen molar-refractivity contribution >= 4 is 5.97 Å². The Morgan fingerprint density at radius 2 is 1.91 bits per heavy atom. The maximum absolute atomic E-state index is 13.8. The Balaban J connectivity index is 1.77. The minimum atomic E-state index is -4.81. The van der Waals surface area contributed by atoms with Gasteiger partial charge in [0.25, 0.3) is 0 Å². The van der Waals surface area contributed by atoms with Crippen LogP contribution in [0.1, 0.15) is 22.4 Å². The second-order valence-corrected chi connectivity index (χ2v) is 7.00. The number of carboxylic acid groups (broad SMARTS) is 1. The fourth-order valence-electron chi connectivity index (χ4n) is 3.35. The van der Waals surface area contributed by atoms with Gasteiger partial charge in [0.15, 0.2) is 23.8 Å². The van der Waals surface area contributed by atoms with Gasteiger partial charge in [0.2, 0.25) is 12.7 Å². The minimum absolute atomic E-state index is 0.0153. The quantitative estimate of drug-likeness (QED) is 0.569. The lowest BCUT2D eigenvalue weighted by Crippen LogP contribution is -2.14. The van der Waals surface area contributed by atoms with E-state index in [1.54, 1.807) is 24.3 Å². The van der Waals surface area contributed by atoms with Crippen LogP contribution in [0.3, 0.4) is 0 Å². The number of alkyl halides is 3. The molecule has 0 fully saturated rings. The van der Waals surface area contributed by atoms with E-state index in [-0.39, 0.29) is 37.0 Å². The van der Waals surface area contributed by atoms with Gasteiger partial charge < -0.3 is 24.4 Å². The van der Waals surface area contributed by atoms with Gasteiger partial charge in [0, 0.05) is 6.42 Å². The SMILES string of the molecule is O=C(O)COc1c(Cc2ccc3c(c2)OCO3)c(C(F)(F)F)nn1Cc1cccc(O)c1. The van der Waals surface area contributed by atoms with Crippen molar-refractivity contribution < 1.29 is 42.4 Å². The highest BCUT2D eigenvalue weighted by Crippen LogP contribution is 2.39. The number of phenols is 1. The summed E-state index contributed by atoms with van der Waals surface area (Å²) in [5.74, 6) is -0.861. The van der Waals surface area contributed by atoms with Crippen LogP contribution in [0, 0.1) is 0 Å². The van der Waals surface area contributed by atoms with Crippen LogP contribution in [0.5, 0.6) is 23.1 Å². The number of fused-ring (bicyclic) bond motifs is 1. The number of hydrogen-bond acceptors (Lipinski definition) is 6. The van der Waals surface area contributed by atoms with Crippen molar-refractivity contribution in [2.24, 2.45) is 0 Å². The van der Waals surface area contributed by atoms with E-state index in [0.29, 0.717) is 22.6 Å². The molecule has 11 heteroatoms. The Labute approximate surface area is 179 Å². The second kappa shape index (κ2) is 8.33. The number of hydrogen-bond donors (Lipinski definition) is 2. The van der Waals surface area contributed by atoms with Crippen LogP contribution < -0.4 is 14.2 Å². The number of halogens is 3. The highest BCUT2D eigenvalue weighted by Gasteiger charge is 2.40. The van der Waals surface area contributed by atoms with E-state index >= 15 is 0 Å². The summed E-state index contributed by atoms with van der Waals surface area (Å²) in [6, 6.07) is 10.6. The van der Waals surface area contributed by atoms with Crippen LogP contribution in [0.15, 0.2) is 42.5 Å². The van der Waals surface area contributed by atoms with Crippen LogP contribution in [0.4, 0.5) is 13.2 Å². The van der Waals surface area contributed by atoms with E-state index in [4.69, 9.17) is 19.3 Å². The average molecular weight is 450 g/mol. The molecule has 1 aromatic heterocycles. The molecule has 32 heavy (non-hydrogen) atoms. The third-order valence-electron chi connectivity index (χ3n) is 4.66. The molecule has 2 heterocycles. The van der Waals surface area contributed by atoms with Crippen LogP contribution in [-0.2, 0) is 23.9 Å². The van der Waals surface area contributed by atoms with E-state index in [9.17, 15) is 23.1 Å². The van der Waals surface area contributed by atoms with Gasteiger partial charge >= 0.3 is 12.1 Å². The molecule has 2 N–H and O–H groups in total. The standard InChI is InChI=1S/C21H17F3N2O6/c22-21(23,24)19-15(7-12-4-5-16-17(8-12)32-11-31-16)20(30-10-18(28)29)26(25-19)9-13-2-1-3-14(27)6-13/h1-6,8,27H,7,9-11H2,(H,28,29). The zero-order valence-electron chi connectivity index (χ0n) is 16.4. The molecule has 1 aliphatic heterocycles. The first-order chi connectivity index (χ1) is 15.2. The van der Waals surface area contributed by atoms with Crippen molar-refractivity contribution in [1.82, 2.24) is 9.78 Å². The van der Waals surface area contributed by atoms with Crippen LogP contribution in [0.2, 0.25) is 0 Å². The van der Waals surface area contributed by atoms with Gasteiger partial charge in [-0.2, -0.15) is 18.3 Å². The highest BCUT2D eigenvalue weighted by atomic mass is 19.4. The number of aliphatic carboxylic acids is 1. The topological polar surface area (TPSA) is 103 Å². The molecule has 0 amide bonds. The van der Waals surface area contributed by atoms with Gasteiger partial charge in [-0.15, -0.1) is 0 Å². The Hall–Kier alpha value is -3.89. The molecule has 0 saturated heterocycles. The van der Waals surface area contributed by atoms with E-state index < -0.39 is 24.4 Å². The van der Waals surface area contributed by atoms with Crippen molar-refractivity contribution in [2.45, 2.75) is 19.1 Å². The highest BCUT2D eigenvalue weighted by molar-refractivity contribution is 5.68. The van der Waals surface area contributed by atoms with Crippen LogP contribution in [-0.4, -0.2) is 39.4 Å². The van der Waals surface area contributed by atoms with Gasteiger partial charge in [-0.25, -0.2) is 9.48 Å². The first kappa shape index (κ1) is 21.3. The third kappa shape index (κ3) is 4.56. The number of ether oxygens (including phenoxy) is 3. The molecule has 168 valence electrons. The summed E-state index contributed by atoms with van der Waals surface area (Å²) >= 11 is 0. The number of aromatic hydroxyl groups is 1. The number of rotatable bonds is 7. The molecule has 4 rings (SSSR count). The van der Waals surface area contributed by atoms with Gasteiger partial charge in [-0.05, 0) is 35.4 Å². The first-order valence-corrected chi connectivity index (χ1v) is 9.38. The predicted octanol–water partition coefficient (Wildman–Crippen LogP) is 3.44. The van der Waals surface area contributed by atoms with Gasteiger partial charge in [-0.3, -0.25) is 0 Å². The summed E-state index contributed by atoms with van der Waals surface area (Å²) in [7, 11) is 0. The average Bonchev–Trinajstić information content (AvgIpc) is 3.30. The molecule has 0 spiro atoms. The molecule has 2 aromatic carbocycles. The van der Waals surface area contributed by atoms with Crippen molar-refractivity contribution in [2.75, 3.05) is 13.4 Å². The van der Waals surface area contributed by atoms with Crippen LogP contribution in [0.25, 0.3) is 0 Å². The smallest absolute Gasteiger partial charge is 0.435 e. The molecule has 1 aliphatic rings. The lowest BCUT2D eigenvalue weighted by molar-refractivity contribution is -0.142. The Morgan fingerprint density at radius 1 is 1.12 bits per heavy atom. The molecular formula is C21H17F3N2O6. The van der Waals surface area contributed by atoms with Gasteiger partial charge in [0.1, 0.15) is 5.75 Å². The minimum Gasteiger partial charge on any atom is -0.508 e. The first-order valence-electron chi connectivity index (χ1n) is 9.38. The lowest BCUT2D eigenvalue weighted by Gasteiger charge is -2.11. The molecule has 8 nitrogen and oxygen atoms in total. The second-order valence-electron chi connectivity index (χ2n) is 7.00. The predicted molar refractivity (Wildman–Crippen MR) is 103 cm³/mol. The molecule has 0 aliphatic carbocycles. The Bertz CT molecular complexity index is 1160. The number of aromatic nitrogens is 2. The monoisotopic (exact) mass is 450 g/mol. The third-order valence-corrected chi connectivity index (χ3v) is 4.66. The molecule has 0 atom stereocenters. The van der Waals surface area contributed by atoms with Crippen molar-refractivity contribution in [3.8, 4) is 23.1 Å². The van der Waals surface area contributed by atoms with Crippen LogP contribution >= 0.6 is 0 Å². The van der Waals surface area contributed by atoms with E-state index in [2.05, 4.69) is 5.10 Å². The Morgan fingerprint density at radius 3 is 2.62 bits per heavy atom. The summed E-state index contributed by atoms with van der Waals surface area (Å²) in [6.45, 7) is -1.01. The summed E-state index contributed by atoms with van der Waals surface area (Å²) in [5.41, 5.74) is -0.568. The summed E-state index contributed by atoms with van der Waals surface area (Å²) in [4.78, 5) is 11.0. The maximum atomic E-state index is 13.8. The number of benzene rings is 2. The molecule has 0 saturated carbocycles. The maximum Gasteiger partial charge on any atom is 0.435 e. The zero-order chi connectivity index (χ0) is 22.9. The van der Waals surface area contributed by atoms with Crippen molar-refractivity contribution in [3.05, 3.63) is 64.8 Å². The molecule has 0 radical (unpaired) electrons. The number of carboxylic acids is 1. The molecule has 3 aromatic rings. The summed E-state index contributed by atoms with van der Waals surface area (Å²) in [6.07, 6.45) is -5.04. The number of phenolic OH excluding ortho intramolecular Hbond substituents is 1. The zero-order valence-corrected chi connectivity index (χ0v) is 16.4. The largest absolute Gasteiger partial charge is 0.508 e. The lowest BCUT2D eigenvalue weighted by atomic mass is 10.0. The normalized spacial score (nSPS) is 12.7. The van der Waals surface area contributed by atoms with E-state index in [0.717, 1.165) is 4.68 Å². The fraction of sp³-hybridized carbons (Fsp3) is 0.238. The van der Waals surface area contributed by atoms with E-state index in [1.807, 2.05) is 0 Å². The Kier molecular flexibility index (Phi) is 5.56. The summed E-state index contributed by atoms with van der Waals surface area (Å²) < 4.78 is 58.2. The van der Waals surface area contributed by atoms with Crippen molar-refractivity contribution in [1.29, 1.82) is 0 Å². The molecule has 0 bridgehead atoms. The van der Waals surface area contributed by atoms with Gasteiger partial charge in [-0.1, -0.05) is 18.2 Å². The van der Waals surface area contributed by atoms with E-state index in [1.165, 1.54) is 18.2 Å². The van der Waals surface area contributed by atoms with Gasteiger partial charge in [0.05, 0.1) is 12.1 Å². The fourth-order valence-corrected chi connectivity index (χ4v) is 3.35.